The monoisotopic (exact) mass is 256 g/mol. The van der Waals surface area contributed by atoms with Crippen LogP contribution in [0, 0.1) is 0 Å². The third kappa shape index (κ3) is 2.22. The molecule has 0 saturated heterocycles. The van der Waals surface area contributed by atoms with Crippen LogP contribution in [0.3, 0.4) is 0 Å². The van der Waals surface area contributed by atoms with E-state index in [4.69, 9.17) is 4.74 Å². The molecule has 0 amide bonds. The molecule has 0 saturated carbocycles. The van der Waals surface area contributed by atoms with Crippen LogP contribution in [0.2, 0.25) is 0 Å². The van der Waals surface area contributed by atoms with Crippen LogP contribution in [-0.2, 0) is 6.42 Å². The lowest BCUT2D eigenvalue weighted by molar-refractivity contribution is 0.104. The SMILES string of the molecule is O=C(/C=C/c1cccs1)c1ccc2c(c1)CCO2. The molecule has 0 spiro atoms. The van der Waals surface area contributed by atoms with Crippen molar-refractivity contribution in [1.29, 1.82) is 0 Å². The molecule has 3 rings (SSSR count). The molecule has 2 heterocycles. The van der Waals surface area contributed by atoms with Gasteiger partial charge in [0.15, 0.2) is 5.78 Å². The standard InChI is InChI=1S/C15H12O2S/c16-14(5-4-13-2-1-9-18-13)11-3-6-15-12(10-11)7-8-17-15/h1-6,9-10H,7-8H2/b5-4+. The number of benzene rings is 1. The number of thiophene rings is 1. The summed E-state index contributed by atoms with van der Waals surface area (Å²) in [6.45, 7) is 0.720. The molecule has 2 nitrogen and oxygen atoms in total. The molecule has 2 aromatic rings. The molecule has 1 aromatic heterocycles. The van der Waals surface area contributed by atoms with Crippen molar-refractivity contribution in [2.24, 2.45) is 0 Å². The van der Waals surface area contributed by atoms with Gasteiger partial charge in [-0.05, 0) is 47.4 Å². The summed E-state index contributed by atoms with van der Waals surface area (Å²) in [7, 11) is 0. The molecule has 0 bridgehead atoms. The van der Waals surface area contributed by atoms with Crippen LogP contribution in [0.1, 0.15) is 20.8 Å². The first kappa shape index (κ1) is 11.2. The fourth-order valence-corrected chi connectivity index (χ4v) is 2.60. The van der Waals surface area contributed by atoms with Crippen molar-refractivity contribution in [3.8, 4) is 5.75 Å². The summed E-state index contributed by atoms with van der Waals surface area (Å²) in [5, 5.41) is 2.00. The zero-order valence-corrected chi connectivity index (χ0v) is 10.6. The van der Waals surface area contributed by atoms with Gasteiger partial charge in [0, 0.05) is 16.9 Å². The summed E-state index contributed by atoms with van der Waals surface area (Å²) in [6.07, 6.45) is 4.38. The molecule has 3 heteroatoms. The minimum atomic E-state index is 0.0399. The Morgan fingerprint density at radius 3 is 3.11 bits per heavy atom. The summed E-state index contributed by atoms with van der Waals surface area (Å²) in [4.78, 5) is 13.1. The molecule has 0 fully saturated rings. The number of allylic oxidation sites excluding steroid dienone is 1. The summed E-state index contributed by atoms with van der Waals surface area (Å²) < 4.78 is 5.42. The van der Waals surface area contributed by atoms with Crippen LogP contribution >= 0.6 is 11.3 Å². The largest absolute Gasteiger partial charge is 0.493 e. The molecular weight excluding hydrogens is 244 g/mol. The molecule has 0 atom stereocenters. The average molecular weight is 256 g/mol. The fraction of sp³-hybridized carbons (Fsp3) is 0.133. The number of fused-ring (bicyclic) bond motifs is 1. The first-order valence-corrected chi connectivity index (χ1v) is 6.72. The van der Waals surface area contributed by atoms with Crippen LogP contribution in [0.25, 0.3) is 6.08 Å². The number of rotatable bonds is 3. The number of carbonyl (C=O) groups excluding carboxylic acids is 1. The van der Waals surface area contributed by atoms with Gasteiger partial charge in [0.25, 0.3) is 0 Å². The Balaban J connectivity index is 1.80. The summed E-state index contributed by atoms with van der Waals surface area (Å²) in [5.74, 6) is 0.951. The number of carbonyl (C=O) groups is 1. The van der Waals surface area contributed by atoms with Gasteiger partial charge in [-0.2, -0.15) is 0 Å². The lowest BCUT2D eigenvalue weighted by Crippen LogP contribution is -1.94. The predicted molar refractivity (Wildman–Crippen MR) is 73.3 cm³/mol. The molecule has 1 aliphatic heterocycles. The molecule has 0 unspecified atom stereocenters. The van der Waals surface area contributed by atoms with E-state index in [-0.39, 0.29) is 5.78 Å². The highest BCUT2D eigenvalue weighted by Crippen LogP contribution is 2.26. The van der Waals surface area contributed by atoms with Gasteiger partial charge >= 0.3 is 0 Å². The van der Waals surface area contributed by atoms with Crippen molar-refractivity contribution in [3.63, 3.8) is 0 Å². The molecule has 0 radical (unpaired) electrons. The topological polar surface area (TPSA) is 26.3 Å². The van der Waals surface area contributed by atoms with Gasteiger partial charge in [0.2, 0.25) is 0 Å². The van der Waals surface area contributed by atoms with E-state index in [1.807, 2.05) is 41.8 Å². The third-order valence-electron chi connectivity index (χ3n) is 2.92. The van der Waals surface area contributed by atoms with Crippen molar-refractivity contribution in [2.45, 2.75) is 6.42 Å². The molecular formula is C15H12O2S. The van der Waals surface area contributed by atoms with E-state index in [1.54, 1.807) is 17.4 Å². The summed E-state index contributed by atoms with van der Waals surface area (Å²) >= 11 is 1.62. The molecule has 1 aromatic carbocycles. The van der Waals surface area contributed by atoms with E-state index in [0.29, 0.717) is 0 Å². The van der Waals surface area contributed by atoms with Gasteiger partial charge in [0.1, 0.15) is 5.75 Å². The highest BCUT2D eigenvalue weighted by atomic mass is 32.1. The fourth-order valence-electron chi connectivity index (χ4n) is 1.98. The van der Waals surface area contributed by atoms with Gasteiger partial charge in [0.05, 0.1) is 6.61 Å². The summed E-state index contributed by atoms with van der Waals surface area (Å²) in [6, 6.07) is 9.61. The second-order valence-electron chi connectivity index (χ2n) is 4.13. The Bertz CT molecular complexity index is 597. The lowest BCUT2D eigenvalue weighted by Gasteiger charge is -2.00. The maximum atomic E-state index is 12.0. The molecule has 18 heavy (non-hydrogen) atoms. The van der Waals surface area contributed by atoms with Crippen LogP contribution in [0.5, 0.6) is 5.75 Å². The quantitative estimate of drug-likeness (QED) is 0.620. The highest BCUT2D eigenvalue weighted by molar-refractivity contribution is 7.10. The molecule has 0 aliphatic carbocycles. The first-order valence-electron chi connectivity index (χ1n) is 5.84. The Labute approximate surface area is 110 Å². The molecule has 0 N–H and O–H groups in total. The van der Waals surface area contributed by atoms with Gasteiger partial charge in [-0.1, -0.05) is 6.07 Å². The normalized spacial score (nSPS) is 13.6. The Morgan fingerprint density at radius 1 is 1.33 bits per heavy atom. The van der Waals surface area contributed by atoms with Crippen LogP contribution in [-0.4, -0.2) is 12.4 Å². The Kier molecular flexibility index (Phi) is 2.99. The van der Waals surface area contributed by atoms with Crippen molar-refractivity contribution in [3.05, 3.63) is 57.8 Å². The van der Waals surface area contributed by atoms with Crippen molar-refractivity contribution >= 4 is 23.2 Å². The van der Waals surface area contributed by atoms with E-state index in [2.05, 4.69) is 0 Å². The lowest BCUT2D eigenvalue weighted by atomic mass is 10.1. The zero-order chi connectivity index (χ0) is 12.4. The zero-order valence-electron chi connectivity index (χ0n) is 9.76. The van der Waals surface area contributed by atoms with Crippen LogP contribution in [0.4, 0.5) is 0 Å². The van der Waals surface area contributed by atoms with Crippen molar-refractivity contribution < 1.29 is 9.53 Å². The minimum absolute atomic E-state index is 0.0399. The van der Waals surface area contributed by atoms with Gasteiger partial charge in [-0.3, -0.25) is 4.79 Å². The predicted octanol–water partition coefficient (Wildman–Crippen LogP) is 3.58. The first-order chi connectivity index (χ1) is 8.83. The second-order valence-corrected chi connectivity index (χ2v) is 5.11. The van der Waals surface area contributed by atoms with Crippen molar-refractivity contribution in [2.75, 3.05) is 6.61 Å². The van der Waals surface area contributed by atoms with Gasteiger partial charge < -0.3 is 4.74 Å². The smallest absolute Gasteiger partial charge is 0.185 e. The van der Waals surface area contributed by atoms with Gasteiger partial charge in [-0.15, -0.1) is 11.3 Å². The molecule has 90 valence electrons. The van der Waals surface area contributed by atoms with Crippen molar-refractivity contribution in [1.82, 2.24) is 0 Å². The number of ketones is 1. The Morgan fingerprint density at radius 2 is 2.28 bits per heavy atom. The number of ether oxygens (including phenoxy) is 1. The average Bonchev–Trinajstić information content (AvgIpc) is 3.05. The van der Waals surface area contributed by atoms with Crippen LogP contribution < -0.4 is 4.74 Å². The van der Waals surface area contributed by atoms with E-state index in [1.165, 1.54) is 0 Å². The maximum Gasteiger partial charge on any atom is 0.185 e. The van der Waals surface area contributed by atoms with E-state index in [0.717, 1.165) is 34.8 Å². The third-order valence-corrected chi connectivity index (χ3v) is 3.75. The van der Waals surface area contributed by atoms with E-state index in [9.17, 15) is 4.79 Å². The maximum absolute atomic E-state index is 12.0. The minimum Gasteiger partial charge on any atom is -0.493 e. The Hall–Kier alpha value is -1.87. The van der Waals surface area contributed by atoms with E-state index < -0.39 is 0 Å². The number of hydrogen-bond acceptors (Lipinski definition) is 3. The number of hydrogen-bond donors (Lipinski definition) is 0. The van der Waals surface area contributed by atoms with E-state index >= 15 is 0 Å². The highest BCUT2D eigenvalue weighted by Gasteiger charge is 2.13. The van der Waals surface area contributed by atoms with Gasteiger partial charge in [-0.25, -0.2) is 0 Å². The molecule has 1 aliphatic rings. The van der Waals surface area contributed by atoms with Crippen LogP contribution in [0.15, 0.2) is 41.8 Å². The second kappa shape index (κ2) is 4.78. The summed E-state index contributed by atoms with van der Waals surface area (Å²) in [5.41, 5.74) is 1.86.